The van der Waals surface area contributed by atoms with Gasteiger partial charge in [0.1, 0.15) is 5.00 Å². The molecule has 0 spiro atoms. The Bertz CT molecular complexity index is 779. The number of morpholine rings is 2. The van der Waals surface area contributed by atoms with Crippen molar-refractivity contribution >= 4 is 22.2 Å². The first-order chi connectivity index (χ1) is 13.1. The summed E-state index contributed by atoms with van der Waals surface area (Å²) in [5.41, 5.74) is 1.93. The topological polar surface area (TPSA) is 54.9 Å². The van der Waals surface area contributed by atoms with Crippen LogP contribution in [-0.4, -0.2) is 67.4 Å². The molecular formula is C20H25N3O3S. The van der Waals surface area contributed by atoms with Crippen LogP contribution in [0.15, 0.2) is 30.5 Å². The van der Waals surface area contributed by atoms with E-state index in [9.17, 15) is 4.79 Å². The lowest BCUT2D eigenvalue weighted by atomic mass is 10.1. The van der Waals surface area contributed by atoms with Gasteiger partial charge in [-0.05, 0) is 32.0 Å². The number of ether oxygens (including phenoxy) is 2. The SMILES string of the molecule is CC1CN(C(=O)c2cc(-c3ccccn3)c(N3CCOCC3)s2)CC(C)O1. The maximum absolute atomic E-state index is 13.2. The number of nitrogens with zero attached hydrogens (tertiary/aromatic N) is 3. The van der Waals surface area contributed by atoms with Crippen molar-refractivity contribution in [3.8, 4) is 11.3 Å². The maximum atomic E-state index is 13.2. The van der Waals surface area contributed by atoms with Gasteiger partial charge in [-0.15, -0.1) is 11.3 Å². The van der Waals surface area contributed by atoms with Crippen LogP contribution < -0.4 is 4.90 Å². The zero-order valence-corrected chi connectivity index (χ0v) is 16.6. The minimum absolute atomic E-state index is 0.0617. The molecule has 1 amide bonds. The Morgan fingerprint density at radius 3 is 2.59 bits per heavy atom. The standard InChI is InChI=1S/C20H25N3O3S/c1-14-12-23(13-15(2)26-14)19(24)18-11-16(17-5-3-4-6-21-17)20(27-18)22-7-9-25-10-8-22/h3-6,11,14-15H,7-10,12-13H2,1-2H3. The Labute approximate surface area is 163 Å². The van der Waals surface area contributed by atoms with Gasteiger partial charge in [0.2, 0.25) is 0 Å². The van der Waals surface area contributed by atoms with Crippen molar-refractivity contribution in [3.05, 3.63) is 35.3 Å². The molecule has 2 saturated heterocycles. The van der Waals surface area contributed by atoms with E-state index in [1.54, 1.807) is 17.5 Å². The molecule has 6 nitrogen and oxygen atoms in total. The number of rotatable bonds is 3. The van der Waals surface area contributed by atoms with Crippen molar-refractivity contribution in [1.82, 2.24) is 9.88 Å². The molecule has 4 heterocycles. The maximum Gasteiger partial charge on any atom is 0.264 e. The third kappa shape index (κ3) is 4.00. The Hall–Kier alpha value is -1.96. The zero-order valence-electron chi connectivity index (χ0n) is 15.8. The van der Waals surface area contributed by atoms with Crippen molar-refractivity contribution in [2.45, 2.75) is 26.1 Å². The summed E-state index contributed by atoms with van der Waals surface area (Å²) < 4.78 is 11.3. The number of amides is 1. The van der Waals surface area contributed by atoms with Crippen molar-refractivity contribution < 1.29 is 14.3 Å². The van der Waals surface area contributed by atoms with Crippen LogP contribution in [0.4, 0.5) is 5.00 Å². The van der Waals surface area contributed by atoms with Gasteiger partial charge in [0.15, 0.2) is 0 Å². The van der Waals surface area contributed by atoms with Crippen molar-refractivity contribution in [1.29, 1.82) is 0 Å². The van der Waals surface area contributed by atoms with E-state index in [-0.39, 0.29) is 18.1 Å². The van der Waals surface area contributed by atoms with E-state index in [2.05, 4.69) is 9.88 Å². The van der Waals surface area contributed by atoms with Gasteiger partial charge in [-0.2, -0.15) is 0 Å². The predicted molar refractivity (Wildman–Crippen MR) is 106 cm³/mol. The van der Waals surface area contributed by atoms with Crippen LogP contribution in [0.2, 0.25) is 0 Å². The molecule has 2 aromatic heterocycles. The highest BCUT2D eigenvalue weighted by atomic mass is 32.1. The fourth-order valence-corrected chi connectivity index (χ4v) is 4.88. The van der Waals surface area contributed by atoms with Crippen LogP contribution in [0.5, 0.6) is 0 Å². The summed E-state index contributed by atoms with van der Waals surface area (Å²) in [7, 11) is 0. The quantitative estimate of drug-likeness (QED) is 0.811. The van der Waals surface area contributed by atoms with Gasteiger partial charge in [0.25, 0.3) is 5.91 Å². The third-order valence-electron chi connectivity index (χ3n) is 4.87. The van der Waals surface area contributed by atoms with E-state index < -0.39 is 0 Å². The number of aromatic nitrogens is 1. The number of thiophene rings is 1. The number of anilines is 1. The normalized spacial score (nSPS) is 23.5. The molecule has 144 valence electrons. The molecule has 4 rings (SSSR count). The van der Waals surface area contributed by atoms with E-state index in [1.807, 2.05) is 43.0 Å². The molecule has 0 saturated carbocycles. The third-order valence-corrected chi connectivity index (χ3v) is 6.05. The fourth-order valence-electron chi connectivity index (χ4n) is 3.69. The van der Waals surface area contributed by atoms with Gasteiger partial charge in [0.05, 0.1) is 36.0 Å². The van der Waals surface area contributed by atoms with Crippen LogP contribution in [0.25, 0.3) is 11.3 Å². The first-order valence-electron chi connectivity index (χ1n) is 9.44. The van der Waals surface area contributed by atoms with E-state index in [0.29, 0.717) is 26.3 Å². The number of carbonyl (C=O) groups excluding carboxylic acids is 1. The smallest absolute Gasteiger partial charge is 0.264 e. The Balaban J connectivity index is 1.67. The molecule has 2 unspecified atom stereocenters. The molecule has 2 atom stereocenters. The molecule has 0 aliphatic carbocycles. The predicted octanol–water partition coefficient (Wildman–Crippen LogP) is 2.90. The van der Waals surface area contributed by atoms with Crippen molar-refractivity contribution in [2.24, 2.45) is 0 Å². The summed E-state index contributed by atoms with van der Waals surface area (Å²) in [5, 5.41) is 1.11. The van der Waals surface area contributed by atoms with Crippen LogP contribution in [-0.2, 0) is 9.47 Å². The summed E-state index contributed by atoms with van der Waals surface area (Å²) in [6.07, 6.45) is 1.92. The lowest BCUT2D eigenvalue weighted by Crippen LogP contribution is -2.48. The van der Waals surface area contributed by atoms with Crippen LogP contribution in [0.3, 0.4) is 0 Å². The van der Waals surface area contributed by atoms with Gasteiger partial charge >= 0.3 is 0 Å². The van der Waals surface area contributed by atoms with Crippen LogP contribution in [0, 0.1) is 0 Å². The molecule has 27 heavy (non-hydrogen) atoms. The molecular weight excluding hydrogens is 362 g/mol. The summed E-state index contributed by atoms with van der Waals surface area (Å²) in [5.74, 6) is 0.0821. The molecule has 0 N–H and O–H groups in total. The minimum atomic E-state index is 0.0617. The number of pyridine rings is 1. The lowest BCUT2D eigenvalue weighted by molar-refractivity contribution is -0.0585. The van der Waals surface area contributed by atoms with E-state index in [1.165, 1.54) is 0 Å². The molecule has 0 bridgehead atoms. The largest absolute Gasteiger partial charge is 0.378 e. The summed E-state index contributed by atoms with van der Waals surface area (Å²) >= 11 is 1.56. The second-order valence-corrected chi connectivity index (χ2v) is 8.14. The summed E-state index contributed by atoms with van der Waals surface area (Å²) in [6.45, 7) is 8.38. The van der Waals surface area contributed by atoms with Gasteiger partial charge < -0.3 is 19.3 Å². The molecule has 7 heteroatoms. The van der Waals surface area contributed by atoms with E-state index >= 15 is 0 Å². The van der Waals surface area contributed by atoms with Crippen molar-refractivity contribution in [2.75, 3.05) is 44.3 Å². The average Bonchev–Trinajstić information content (AvgIpc) is 3.13. The van der Waals surface area contributed by atoms with Crippen LogP contribution >= 0.6 is 11.3 Å². The van der Waals surface area contributed by atoms with E-state index in [4.69, 9.17) is 9.47 Å². The number of hydrogen-bond acceptors (Lipinski definition) is 6. The highest BCUT2D eigenvalue weighted by Gasteiger charge is 2.29. The molecule has 2 aromatic rings. The molecule has 0 aromatic carbocycles. The van der Waals surface area contributed by atoms with E-state index in [0.717, 1.165) is 34.2 Å². The van der Waals surface area contributed by atoms with Gasteiger partial charge in [0, 0.05) is 37.9 Å². The Morgan fingerprint density at radius 2 is 1.93 bits per heavy atom. The number of hydrogen-bond donors (Lipinski definition) is 0. The summed E-state index contributed by atoms with van der Waals surface area (Å²) in [4.78, 5) is 22.7. The highest BCUT2D eigenvalue weighted by molar-refractivity contribution is 7.18. The zero-order chi connectivity index (χ0) is 18.8. The van der Waals surface area contributed by atoms with Gasteiger partial charge in [-0.25, -0.2) is 0 Å². The van der Waals surface area contributed by atoms with Gasteiger partial charge in [-0.1, -0.05) is 6.07 Å². The van der Waals surface area contributed by atoms with Crippen molar-refractivity contribution in [3.63, 3.8) is 0 Å². The average molecular weight is 388 g/mol. The minimum Gasteiger partial charge on any atom is -0.378 e. The molecule has 0 radical (unpaired) electrons. The second-order valence-electron chi connectivity index (χ2n) is 7.11. The Morgan fingerprint density at radius 1 is 1.19 bits per heavy atom. The monoisotopic (exact) mass is 387 g/mol. The first-order valence-corrected chi connectivity index (χ1v) is 10.3. The second kappa shape index (κ2) is 7.96. The molecule has 2 aliphatic heterocycles. The first kappa shape index (κ1) is 18.4. The van der Waals surface area contributed by atoms with Crippen LogP contribution in [0.1, 0.15) is 23.5 Å². The fraction of sp³-hybridized carbons (Fsp3) is 0.500. The Kier molecular flexibility index (Phi) is 5.43. The highest BCUT2D eigenvalue weighted by Crippen LogP contribution is 2.39. The number of carbonyl (C=O) groups is 1. The summed E-state index contributed by atoms with van der Waals surface area (Å²) in [6, 6.07) is 7.90. The molecule has 2 aliphatic rings. The van der Waals surface area contributed by atoms with Gasteiger partial charge in [-0.3, -0.25) is 9.78 Å². The molecule has 2 fully saturated rings. The lowest BCUT2D eigenvalue weighted by Gasteiger charge is -2.35.